The Kier molecular flexibility index (Phi) is 6.71. The van der Waals surface area contributed by atoms with Crippen LogP contribution >= 0.6 is 11.6 Å². The Morgan fingerprint density at radius 3 is 2.57 bits per heavy atom. The van der Waals surface area contributed by atoms with Crippen LogP contribution in [0.1, 0.15) is 44.0 Å². The van der Waals surface area contributed by atoms with Gasteiger partial charge in [0.05, 0.1) is 19.0 Å². The van der Waals surface area contributed by atoms with E-state index in [1.807, 2.05) is 11.0 Å². The van der Waals surface area contributed by atoms with Crippen LogP contribution in [0.2, 0.25) is 5.02 Å². The molecule has 0 atom stereocenters. The van der Waals surface area contributed by atoms with E-state index in [-0.39, 0.29) is 11.3 Å². The van der Waals surface area contributed by atoms with Crippen LogP contribution in [0.25, 0.3) is 0 Å². The largest absolute Gasteiger partial charge is 0.495 e. The van der Waals surface area contributed by atoms with E-state index in [1.54, 1.807) is 26.3 Å². The van der Waals surface area contributed by atoms with E-state index in [1.165, 1.54) is 6.20 Å². The monoisotopic (exact) mass is 431 g/mol. The Labute approximate surface area is 183 Å². The Morgan fingerprint density at radius 1 is 1.27 bits per heavy atom. The van der Waals surface area contributed by atoms with Crippen molar-refractivity contribution in [1.29, 1.82) is 0 Å². The maximum atomic E-state index is 13.0. The zero-order valence-electron chi connectivity index (χ0n) is 18.3. The summed E-state index contributed by atoms with van der Waals surface area (Å²) in [5.74, 6) is 2.14. The number of halogens is 1. The lowest BCUT2D eigenvalue weighted by atomic mass is 9.75. The third-order valence-corrected chi connectivity index (χ3v) is 5.96. The van der Waals surface area contributed by atoms with E-state index in [0.717, 1.165) is 25.9 Å². The van der Waals surface area contributed by atoms with Crippen molar-refractivity contribution in [2.45, 2.75) is 33.6 Å². The fraction of sp³-hybridized carbons (Fsp3) is 0.500. The lowest BCUT2D eigenvalue weighted by Gasteiger charge is -2.38. The van der Waals surface area contributed by atoms with E-state index >= 15 is 0 Å². The van der Waals surface area contributed by atoms with E-state index in [0.29, 0.717) is 39.7 Å². The number of carbonyl (C=O) groups excluding carboxylic acids is 1. The number of nitrogens with zero attached hydrogens (tertiary/aromatic N) is 3. The first-order valence-electron chi connectivity index (χ1n) is 10.2. The van der Waals surface area contributed by atoms with Crippen molar-refractivity contribution in [3.63, 3.8) is 0 Å². The summed E-state index contributed by atoms with van der Waals surface area (Å²) in [6.07, 6.45) is 3.59. The number of hydrogen-bond acceptors (Lipinski definition) is 6. The van der Waals surface area contributed by atoms with Gasteiger partial charge in [-0.05, 0) is 42.4 Å². The molecule has 1 aliphatic rings. The van der Waals surface area contributed by atoms with E-state index in [9.17, 15) is 4.79 Å². The average Bonchev–Trinajstić information content (AvgIpc) is 2.74. The minimum atomic E-state index is 0.0346. The van der Waals surface area contributed by atoms with Crippen LogP contribution in [-0.4, -0.2) is 48.0 Å². The molecule has 0 spiro atoms. The number of methoxy groups -OCH3 is 1. The Morgan fingerprint density at radius 2 is 1.97 bits per heavy atom. The maximum Gasteiger partial charge on any atom is 0.253 e. The third kappa shape index (κ3) is 4.95. The predicted octanol–water partition coefficient (Wildman–Crippen LogP) is 4.82. The lowest BCUT2D eigenvalue weighted by Crippen LogP contribution is -2.41. The lowest BCUT2D eigenvalue weighted by molar-refractivity contribution is 0.0608. The first-order valence-corrected chi connectivity index (χ1v) is 10.6. The van der Waals surface area contributed by atoms with Gasteiger partial charge in [-0.3, -0.25) is 4.79 Å². The van der Waals surface area contributed by atoms with Gasteiger partial charge >= 0.3 is 0 Å². The van der Waals surface area contributed by atoms with Crippen molar-refractivity contribution in [3.05, 3.63) is 35.0 Å². The van der Waals surface area contributed by atoms with Gasteiger partial charge in [0.2, 0.25) is 5.95 Å². The molecule has 1 saturated heterocycles. The van der Waals surface area contributed by atoms with Gasteiger partial charge in [0.1, 0.15) is 16.6 Å². The third-order valence-electron chi connectivity index (χ3n) is 5.68. The molecule has 0 bridgehead atoms. The van der Waals surface area contributed by atoms with Gasteiger partial charge in [-0.25, -0.2) is 4.98 Å². The van der Waals surface area contributed by atoms with E-state index in [2.05, 4.69) is 41.4 Å². The SMILES string of the molecule is CNc1nc(Nc2ccc(C(=O)N3CCC(C(C)(C)C)CC3)cc2OC)ncc1Cl. The number of nitrogens with one attached hydrogen (secondary N) is 2. The summed E-state index contributed by atoms with van der Waals surface area (Å²) in [5, 5.41) is 6.48. The summed E-state index contributed by atoms with van der Waals surface area (Å²) in [6.45, 7) is 8.39. The molecule has 1 aliphatic heterocycles. The second kappa shape index (κ2) is 9.08. The second-order valence-corrected chi connectivity index (χ2v) is 9.02. The fourth-order valence-corrected chi connectivity index (χ4v) is 3.97. The molecule has 30 heavy (non-hydrogen) atoms. The molecule has 1 aromatic heterocycles. The summed E-state index contributed by atoms with van der Waals surface area (Å²) < 4.78 is 5.51. The summed E-state index contributed by atoms with van der Waals surface area (Å²) in [5.41, 5.74) is 1.56. The fourth-order valence-electron chi connectivity index (χ4n) is 3.78. The predicted molar refractivity (Wildman–Crippen MR) is 121 cm³/mol. The van der Waals surface area contributed by atoms with Gasteiger partial charge in [-0.15, -0.1) is 0 Å². The van der Waals surface area contributed by atoms with Gasteiger partial charge in [0, 0.05) is 25.7 Å². The van der Waals surface area contributed by atoms with Crippen LogP contribution in [-0.2, 0) is 0 Å². The van der Waals surface area contributed by atoms with Crippen LogP contribution in [0.4, 0.5) is 17.5 Å². The number of rotatable bonds is 5. The second-order valence-electron chi connectivity index (χ2n) is 8.61. The number of amides is 1. The van der Waals surface area contributed by atoms with Crippen molar-refractivity contribution in [1.82, 2.24) is 14.9 Å². The maximum absolute atomic E-state index is 13.0. The number of anilines is 3. The molecule has 0 unspecified atom stereocenters. The summed E-state index contributed by atoms with van der Waals surface area (Å²) in [4.78, 5) is 23.5. The quantitative estimate of drug-likeness (QED) is 0.706. The van der Waals surface area contributed by atoms with Crippen LogP contribution in [0.3, 0.4) is 0 Å². The molecular formula is C22H30ClN5O2. The summed E-state index contributed by atoms with van der Waals surface area (Å²) in [7, 11) is 3.31. The van der Waals surface area contributed by atoms with Crippen LogP contribution < -0.4 is 15.4 Å². The molecule has 3 rings (SSSR count). The smallest absolute Gasteiger partial charge is 0.253 e. The van der Waals surface area contributed by atoms with Crippen molar-refractivity contribution in [3.8, 4) is 5.75 Å². The van der Waals surface area contributed by atoms with E-state index < -0.39 is 0 Å². The molecule has 0 aliphatic carbocycles. The molecule has 2 heterocycles. The molecule has 0 saturated carbocycles. The summed E-state index contributed by atoms with van der Waals surface area (Å²) >= 11 is 6.04. The first kappa shape index (κ1) is 22.2. The highest BCUT2D eigenvalue weighted by Gasteiger charge is 2.30. The van der Waals surface area contributed by atoms with Crippen LogP contribution in [0, 0.1) is 11.3 Å². The number of ether oxygens (including phenoxy) is 1. The molecular weight excluding hydrogens is 402 g/mol. The normalized spacial score (nSPS) is 15.1. The highest BCUT2D eigenvalue weighted by molar-refractivity contribution is 6.32. The molecule has 8 heteroatoms. The molecule has 2 N–H and O–H groups in total. The molecule has 1 fully saturated rings. The zero-order chi connectivity index (χ0) is 21.9. The molecule has 7 nitrogen and oxygen atoms in total. The molecule has 162 valence electrons. The van der Waals surface area contributed by atoms with Crippen molar-refractivity contribution >= 4 is 35.0 Å². The van der Waals surface area contributed by atoms with Gasteiger partial charge in [0.25, 0.3) is 5.91 Å². The molecule has 0 radical (unpaired) electrons. The van der Waals surface area contributed by atoms with Crippen molar-refractivity contribution in [2.75, 3.05) is 37.9 Å². The Balaban J connectivity index is 1.73. The minimum Gasteiger partial charge on any atom is -0.495 e. The van der Waals surface area contributed by atoms with Crippen LogP contribution in [0.15, 0.2) is 24.4 Å². The highest BCUT2D eigenvalue weighted by Crippen LogP contribution is 2.35. The molecule has 2 aromatic rings. The van der Waals surface area contributed by atoms with Gasteiger partial charge < -0.3 is 20.3 Å². The molecule has 1 aromatic carbocycles. The van der Waals surface area contributed by atoms with Gasteiger partial charge in [0.15, 0.2) is 0 Å². The number of hydrogen-bond donors (Lipinski definition) is 2. The number of benzene rings is 1. The average molecular weight is 432 g/mol. The Bertz CT molecular complexity index is 905. The van der Waals surface area contributed by atoms with Gasteiger partial charge in [-0.1, -0.05) is 32.4 Å². The number of aromatic nitrogens is 2. The number of piperidine rings is 1. The Hall–Kier alpha value is -2.54. The minimum absolute atomic E-state index is 0.0346. The standard InChI is InChI=1S/C22H30ClN5O2/c1-22(2,3)15-8-10-28(11-9-15)20(29)14-6-7-17(18(12-14)30-5)26-21-25-13-16(23)19(24-4)27-21/h6-7,12-13,15H,8-11H2,1-5H3,(H2,24,25,26,27). The topological polar surface area (TPSA) is 79.4 Å². The molecule has 1 amide bonds. The number of carbonyl (C=O) groups is 1. The number of likely N-dealkylation sites (tertiary alicyclic amines) is 1. The van der Waals surface area contributed by atoms with Crippen LogP contribution in [0.5, 0.6) is 5.75 Å². The van der Waals surface area contributed by atoms with Gasteiger partial charge in [-0.2, -0.15) is 4.98 Å². The van der Waals surface area contributed by atoms with Crippen molar-refractivity contribution in [2.24, 2.45) is 11.3 Å². The zero-order valence-corrected chi connectivity index (χ0v) is 19.0. The summed E-state index contributed by atoms with van der Waals surface area (Å²) in [6, 6.07) is 5.37. The van der Waals surface area contributed by atoms with E-state index in [4.69, 9.17) is 16.3 Å². The highest BCUT2D eigenvalue weighted by atomic mass is 35.5. The van der Waals surface area contributed by atoms with Crippen molar-refractivity contribution < 1.29 is 9.53 Å². The first-order chi connectivity index (χ1) is 14.2.